The summed E-state index contributed by atoms with van der Waals surface area (Å²) >= 11 is 0. The highest BCUT2D eigenvalue weighted by molar-refractivity contribution is 7.89. The Morgan fingerprint density at radius 1 is 1.15 bits per heavy atom. The molecule has 0 spiro atoms. The molecule has 1 unspecified atom stereocenters. The third kappa shape index (κ3) is 9.70. The summed E-state index contributed by atoms with van der Waals surface area (Å²) in [6.07, 6.45) is 1.73. The van der Waals surface area contributed by atoms with Crippen LogP contribution in [0.2, 0.25) is 0 Å². The minimum Gasteiger partial charge on any atom is -0.356 e. The molecule has 1 atom stereocenters. The monoisotopic (exact) mass is 479 g/mol. The van der Waals surface area contributed by atoms with Crippen molar-refractivity contribution in [3.63, 3.8) is 0 Å². The Hall–Kier alpha value is -2.79. The molecule has 0 fully saturated rings. The Bertz CT molecular complexity index is 973. The van der Waals surface area contributed by atoms with Crippen LogP contribution in [0.5, 0.6) is 0 Å². The van der Waals surface area contributed by atoms with Crippen molar-refractivity contribution in [2.24, 2.45) is 10.9 Å². The summed E-state index contributed by atoms with van der Waals surface area (Å²) < 4.78 is 26.6. The van der Waals surface area contributed by atoms with E-state index >= 15 is 0 Å². The molecule has 0 aromatic heterocycles. The molecule has 4 N–H and O–H groups in total. The van der Waals surface area contributed by atoms with Crippen LogP contribution in [0.25, 0.3) is 0 Å². The number of sulfonamides is 1. The van der Waals surface area contributed by atoms with E-state index < -0.39 is 22.0 Å². The van der Waals surface area contributed by atoms with E-state index in [0.717, 1.165) is 18.5 Å². The number of guanidine groups is 1. The number of aryl methyl sites for hydroxylation is 1. The van der Waals surface area contributed by atoms with Crippen molar-refractivity contribution in [2.75, 3.05) is 25.4 Å². The van der Waals surface area contributed by atoms with E-state index in [4.69, 9.17) is 0 Å². The maximum atomic E-state index is 12.4. The van der Waals surface area contributed by atoms with Gasteiger partial charge in [0.05, 0.1) is 11.8 Å². The number of nitrogens with one attached hydrogen (secondary N) is 4. The number of ketones is 1. The molecule has 1 aliphatic rings. The number of rotatable bonds is 11. The molecule has 33 heavy (non-hydrogen) atoms. The smallest absolute Gasteiger partial charge is 0.251 e. The van der Waals surface area contributed by atoms with Gasteiger partial charge in [-0.25, -0.2) is 13.1 Å². The lowest BCUT2D eigenvalue weighted by Gasteiger charge is -2.17. The van der Waals surface area contributed by atoms with Gasteiger partial charge < -0.3 is 10.6 Å². The van der Waals surface area contributed by atoms with Crippen LogP contribution >= 0.6 is 0 Å². The first kappa shape index (κ1) is 26.5. The molecule has 1 heterocycles. The topological polar surface area (TPSA) is 146 Å². The molecule has 0 radical (unpaired) electrons. The number of carbonyl (C=O) groups excluding carboxylic acids is 3. The van der Waals surface area contributed by atoms with Crippen LogP contribution in [0.3, 0.4) is 0 Å². The second-order valence-corrected chi connectivity index (χ2v) is 10.2. The highest BCUT2D eigenvalue weighted by Gasteiger charge is 2.23. The SMILES string of the molecule is CC(=O)C(CNC(=O)c1ccc(CCC(=O)NC2=NCCCN2)cc1)NS(=O)(=O)CC(C)C. The minimum absolute atomic E-state index is 0.0908. The summed E-state index contributed by atoms with van der Waals surface area (Å²) in [7, 11) is -3.63. The van der Waals surface area contributed by atoms with E-state index in [2.05, 4.69) is 25.7 Å². The quantitative estimate of drug-likeness (QED) is 0.360. The van der Waals surface area contributed by atoms with Gasteiger partial charge in [0.2, 0.25) is 15.9 Å². The number of amides is 2. The number of hydrogen-bond acceptors (Lipinski definition) is 7. The van der Waals surface area contributed by atoms with Crippen LogP contribution in [0, 0.1) is 5.92 Å². The molecule has 1 aromatic rings. The molecule has 1 aromatic carbocycles. The lowest BCUT2D eigenvalue weighted by Crippen LogP contribution is -2.48. The molecule has 0 saturated carbocycles. The number of carbonyl (C=O) groups is 3. The van der Waals surface area contributed by atoms with Crippen LogP contribution in [-0.4, -0.2) is 63.4 Å². The van der Waals surface area contributed by atoms with E-state index in [1.54, 1.807) is 38.1 Å². The molecule has 1 aliphatic heterocycles. The number of aliphatic imine (C=N–C) groups is 1. The fourth-order valence-electron chi connectivity index (χ4n) is 3.16. The minimum atomic E-state index is -3.63. The molecule has 2 amide bonds. The van der Waals surface area contributed by atoms with Gasteiger partial charge in [-0.3, -0.25) is 24.7 Å². The number of nitrogens with zero attached hydrogens (tertiary/aromatic N) is 1. The molecule has 10 nitrogen and oxygen atoms in total. The maximum Gasteiger partial charge on any atom is 0.251 e. The zero-order valence-corrected chi connectivity index (χ0v) is 20.1. The average Bonchev–Trinajstić information content (AvgIpc) is 2.75. The van der Waals surface area contributed by atoms with Crippen molar-refractivity contribution in [1.29, 1.82) is 0 Å². The van der Waals surface area contributed by atoms with Gasteiger partial charge in [0.25, 0.3) is 5.91 Å². The van der Waals surface area contributed by atoms with Crippen molar-refractivity contribution in [2.45, 2.75) is 46.1 Å². The zero-order valence-electron chi connectivity index (χ0n) is 19.3. The summed E-state index contributed by atoms with van der Waals surface area (Å²) in [5.41, 5.74) is 1.26. The van der Waals surface area contributed by atoms with Crippen molar-refractivity contribution in [1.82, 2.24) is 20.7 Å². The Morgan fingerprint density at radius 2 is 1.85 bits per heavy atom. The van der Waals surface area contributed by atoms with Gasteiger partial charge in [-0.15, -0.1) is 0 Å². The van der Waals surface area contributed by atoms with Crippen molar-refractivity contribution in [3.8, 4) is 0 Å². The molecule has 0 saturated heterocycles. The summed E-state index contributed by atoms with van der Waals surface area (Å²) in [5, 5.41) is 8.37. The lowest BCUT2D eigenvalue weighted by molar-refractivity contribution is -0.120. The fourth-order valence-corrected chi connectivity index (χ4v) is 4.82. The van der Waals surface area contributed by atoms with E-state index in [9.17, 15) is 22.8 Å². The van der Waals surface area contributed by atoms with Crippen molar-refractivity contribution >= 4 is 33.6 Å². The number of hydrogen-bond donors (Lipinski definition) is 4. The summed E-state index contributed by atoms with van der Waals surface area (Å²) in [4.78, 5) is 40.5. The Balaban J connectivity index is 1.84. The molecular weight excluding hydrogens is 446 g/mol. The maximum absolute atomic E-state index is 12.4. The first-order valence-electron chi connectivity index (χ1n) is 11.0. The van der Waals surface area contributed by atoms with E-state index in [-0.39, 0.29) is 36.3 Å². The van der Waals surface area contributed by atoms with Crippen LogP contribution in [0.15, 0.2) is 29.3 Å². The summed E-state index contributed by atoms with van der Waals surface area (Å²) in [6.45, 7) is 6.15. The third-order valence-corrected chi connectivity index (χ3v) is 6.59. The average molecular weight is 480 g/mol. The van der Waals surface area contributed by atoms with Crippen molar-refractivity contribution in [3.05, 3.63) is 35.4 Å². The van der Waals surface area contributed by atoms with Crippen LogP contribution < -0.4 is 20.7 Å². The highest BCUT2D eigenvalue weighted by atomic mass is 32.2. The van der Waals surface area contributed by atoms with Crippen LogP contribution in [0.1, 0.15) is 49.5 Å². The molecule has 0 bridgehead atoms. The first-order chi connectivity index (χ1) is 15.6. The molecular formula is C22H33N5O5S. The largest absolute Gasteiger partial charge is 0.356 e. The lowest BCUT2D eigenvalue weighted by atomic mass is 10.1. The second-order valence-electron chi connectivity index (χ2n) is 8.42. The molecule has 2 rings (SSSR count). The molecule has 11 heteroatoms. The standard InChI is InChI=1S/C22H33N5O5S/c1-15(2)14-33(31,32)27-19(16(3)28)13-25-21(30)18-8-5-17(6-9-18)7-10-20(29)26-22-23-11-4-12-24-22/h5-6,8-9,15,19,27H,4,7,10-14H2,1-3H3,(H,25,30)(H2,23,24,26,29). The van der Waals surface area contributed by atoms with Gasteiger partial charge in [0.1, 0.15) is 5.78 Å². The molecule has 0 aliphatic carbocycles. The van der Waals surface area contributed by atoms with Crippen LogP contribution in [-0.2, 0) is 26.0 Å². The molecule has 182 valence electrons. The number of Topliss-reactive ketones (excluding diaryl/α,β-unsaturated/α-hetero) is 1. The van der Waals surface area contributed by atoms with Gasteiger partial charge in [0.15, 0.2) is 5.96 Å². The zero-order chi connectivity index (χ0) is 24.4. The first-order valence-corrected chi connectivity index (χ1v) is 12.7. The second kappa shape index (κ2) is 12.4. The van der Waals surface area contributed by atoms with Gasteiger partial charge >= 0.3 is 0 Å². The normalized spacial score (nSPS) is 14.7. The Labute approximate surface area is 195 Å². The Kier molecular flexibility index (Phi) is 9.98. The third-order valence-electron chi connectivity index (χ3n) is 4.84. The van der Waals surface area contributed by atoms with E-state index in [0.29, 0.717) is 24.5 Å². The van der Waals surface area contributed by atoms with Crippen LogP contribution in [0.4, 0.5) is 0 Å². The van der Waals surface area contributed by atoms with Gasteiger partial charge in [-0.1, -0.05) is 26.0 Å². The summed E-state index contributed by atoms with van der Waals surface area (Å²) in [6, 6.07) is 5.74. The Morgan fingerprint density at radius 3 is 2.42 bits per heavy atom. The van der Waals surface area contributed by atoms with Crippen molar-refractivity contribution < 1.29 is 22.8 Å². The van der Waals surface area contributed by atoms with E-state index in [1.165, 1.54) is 6.92 Å². The van der Waals surface area contributed by atoms with Gasteiger partial charge in [-0.2, -0.15) is 0 Å². The predicted molar refractivity (Wildman–Crippen MR) is 126 cm³/mol. The highest BCUT2D eigenvalue weighted by Crippen LogP contribution is 2.07. The predicted octanol–water partition coefficient (Wildman–Crippen LogP) is 0.348. The fraction of sp³-hybridized carbons (Fsp3) is 0.545. The van der Waals surface area contributed by atoms with E-state index in [1.807, 2.05) is 0 Å². The van der Waals surface area contributed by atoms with Gasteiger partial charge in [-0.05, 0) is 43.4 Å². The number of benzene rings is 1. The van der Waals surface area contributed by atoms with Gasteiger partial charge in [0, 0.05) is 31.6 Å². The summed E-state index contributed by atoms with van der Waals surface area (Å²) in [5.74, 6) is -0.629.